The highest BCUT2D eigenvalue weighted by Gasteiger charge is 2.32. The number of aryl methyl sites for hydroxylation is 1. The predicted molar refractivity (Wildman–Crippen MR) is 90.6 cm³/mol. The van der Waals surface area contributed by atoms with Crippen LogP contribution < -0.4 is 10.6 Å². The standard InChI is InChI=1S/C17H20FN5O2/c1-11(24)21-12-3-4-14(18)13(9-12)17(25)23-8-5-19-10-15(23)16-20-6-7-22(16)2/h3-4,6-7,9,15,19H,5,8,10H2,1-2H3,(H,21,24). The van der Waals surface area contributed by atoms with E-state index in [0.29, 0.717) is 25.3 Å². The van der Waals surface area contributed by atoms with Gasteiger partial charge in [0, 0.05) is 51.7 Å². The molecule has 1 unspecified atom stereocenters. The number of carbonyl (C=O) groups is 2. The van der Waals surface area contributed by atoms with Crippen molar-refractivity contribution in [2.75, 3.05) is 25.0 Å². The Hall–Kier alpha value is -2.74. The van der Waals surface area contributed by atoms with Crippen LogP contribution in [0.5, 0.6) is 0 Å². The summed E-state index contributed by atoms with van der Waals surface area (Å²) < 4.78 is 16.1. The van der Waals surface area contributed by atoms with Crippen molar-refractivity contribution in [3.05, 3.63) is 47.8 Å². The van der Waals surface area contributed by atoms with E-state index in [9.17, 15) is 14.0 Å². The second-order valence-electron chi connectivity index (χ2n) is 5.99. The number of aromatic nitrogens is 2. The third-order valence-electron chi connectivity index (χ3n) is 4.18. The van der Waals surface area contributed by atoms with Crippen LogP contribution in [0.3, 0.4) is 0 Å². The Morgan fingerprint density at radius 2 is 2.20 bits per heavy atom. The Bertz CT molecular complexity index is 804. The number of anilines is 1. The van der Waals surface area contributed by atoms with Crippen LogP contribution in [0, 0.1) is 5.82 Å². The number of amides is 2. The average Bonchev–Trinajstić information content (AvgIpc) is 3.01. The van der Waals surface area contributed by atoms with Crippen LogP contribution in [0.1, 0.15) is 29.1 Å². The zero-order valence-corrected chi connectivity index (χ0v) is 14.1. The molecule has 1 aliphatic rings. The number of rotatable bonds is 3. The number of carbonyl (C=O) groups excluding carboxylic acids is 2. The number of halogens is 1. The van der Waals surface area contributed by atoms with Crippen molar-refractivity contribution in [2.24, 2.45) is 7.05 Å². The largest absolute Gasteiger partial charge is 0.336 e. The SMILES string of the molecule is CC(=O)Nc1ccc(F)c(C(=O)N2CCNCC2c2nccn2C)c1. The molecule has 2 amide bonds. The first-order valence-electron chi connectivity index (χ1n) is 8.03. The summed E-state index contributed by atoms with van der Waals surface area (Å²) in [6, 6.07) is 3.71. The smallest absolute Gasteiger partial charge is 0.257 e. The molecule has 1 aliphatic heterocycles. The van der Waals surface area contributed by atoms with E-state index >= 15 is 0 Å². The molecule has 0 bridgehead atoms. The van der Waals surface area contributed by atoms with Crippen LogP contribution in [-0.2, 0) is 11.8 Å². The topological polar surface area (TPSA) is 79.3 Å². The Labute approximate surface area is 144 Å². The number of nitrogens with zero attached hydrogens (tertiary/aromatic N) is 3. The van der Waals surface area contributed by atoms with Crippen LogP contribution in [0.15, 0.2) is 30.6 Å². The summed E-state index contributed by atoms with van der Waals surface area (Å²) in [5.74, 6) is -0.576. The first kappa shape index (κ1) is 17.1. The van der Waals surface area contributed by atoms with Crippen LogP contribution in [0.25, 0.3) is 0 Å². The Balaban J connectivity index is 1.93. The van der Waals surface area contributed by atoms with Gasteiger partial charge in [-0.15, -0.1) is 0 Å². The molecular weight excluding hydrogens is 325 g/mol. The monoisotopic (exact) mass is 345 g/mol. The van der Waals surface area contributed by atoms with E-state index in [-0.39, 0.29) is 17.5 Å². The third-order valence-corrected chi connectivity index (χ3v) is 4.18. The quantitative estimate of drug-likeness (QED) is 0.879. The molecule has 2 heterocycles. The van der Waals surface area contributed by atoms with Gasteiger partial charge in [-0.1, -0.05) is 0 Å². The Kier molecular flexibility index (Phi) is 4.80. The van der Waals surface area contributed by atoms with Gasteiger partial charge in [-0.2, -0.15) is 0 Å². The summed E-state index contributed by atoms with van der Waals surface area (Å²) in [5.41, 5.74) is 0.327. The van der Waals surface area contributed by atoms with E-state index in [4.69, 9.17) is 0 Å². The summed E-state index contributed by atoms with van der Waals surface area (Å²) in [5, 5.41) is 5.81. The molecule has 8 heteroatoms. The van der Waals surface area contributed by atoms with E-state index in [1.807, 2.05) is 17.8 Å². The average molecular weight is 345 g/mol. The lowest BCUT2D eigenvalue weighted by molar-refractivity contribution is -0.114. The van der Waals surface area contributed by atoms with Crippen LogP contribution in [-0.4, -0.2) is 45.9 Å². The maximum Gasteiger partial charge on any atom is 0.257 e. The molecule has 0 saturated carbocycles. The molecule has 2 N–H and O–H groups in total. The minimum Gasteiger partial charge on any atom is -0.336 e. The second kappa shape index (κ2) is 7.02. The summed E-state index contributed by atoms with van der Waals surface area (Å²) >= 11 is 0. The molecular formula is C17H20FN5O2. The van der Waals surface area contributed by atoms with E-state index in [1.54, 1.807) is 11.1 Å². The Morgan fingerprint density at radius 3 is 2.88 bits per heavy atom. The molecule has 1 atom stereocenters. The molecule has 0 radical (unpaired) electrons. The molecule has 1 aromatic carbocycles. The van der Waals surface area contributed by atoms with Crippen LogP contribution in [0.4, 0.5) is 10.1 Å². The molecule has 1 aromatic heterocycles. The van der Waals surface area contributed by atoms with Gasteiger partial charge in [0.15, 0.2) is 0 Å². The fraction of sp³-hybridized carbons (Fsp3) is 0.353. The van der Waals surface area contributed by atoms with Gasteiger partial charge in [0.2, 0.25) is 5.91 Å². The molecule has 3 rings (SSSR count). The number of imidazole rings is 1. The summed E-state index contributed by atoms with van der Waals surface area (Å²) in [6.07, 6.45) is 3.48. The molecule has 0 aliphatic carbocycles. The highest BCUT2D eigenvalue weighted by atomic mass is 19.1. The van der Waals surface area contributed by atoms with E-state index in [1.165, 1.54) is 25.1 Å². The second-order valence-corrected chi connectivity index (χ2v) is 5.99. The molecule has 1 saturated heterocycles. The van der Waals surface area contributed by atoms with E-state index in [2.05, 4.69) is 15.6 Å². The van der Waals surface area contributed by atoms with Crippen molar-refractivity contribution in [1.29, 1.82) is 0 Å². The zero-order chi connectivity index (χ0) is 18.0. The lowest BCUT2D eigenvalue weighted by Crippen LogP contribution is -2.49. The lowest BCUT2D eigenvalue weighted by Gasteiger charge is -2.36. The molecule has 7 nitrogen and oxygen atoms in total. The summed E-state index contributed by atoms with van der Waals surface area (Å²) in [6.45, 7) is 2.97. The van der Waals surface area contributed by atoms with Gasteiger partial charge in [0.25, 0.3) is 5.91 Å². The molecule has 1 fully saturated rings. The van der Waals surface area contributed by atoms with Gasteiger partial charge in [0.05, 0.1) is 5.56 Å². The highest BCUT2D eigenvalue weighted by molar-refractivity contribution is 5.97. The number of nitrogens with one attached hydrogen (secondary N) is 2. The normalized spacial score (nSPS) is 17.4. The molecule has 0 spiro atoms. The minimum atomic E-state index is -0.615. The molecule has 2 aromatic rings. The summed E-state index contributed by atoms with van der Waals surface area (Å²) in [7, 11) is 1.86. The Morgan fingerprint density at radius 1 is 1.40 bits per heavy atom. The van der Waals surface area contributed by atoms with Crippen molar-refractivity contribution in [1.82, 2.24) is 19.8 Å². The van der Waals surface area contributed by atoms with Crippen molar-refractivity contribution in [2.45, 2.75) is 13.0 Å². The van der Waals surface area contributed by atoms with E-state index in [0.717, 1.165) is 5.82 Å². The number of piperazine rings is 1. The fourth-order valence-corrected chi connectivity index (χ4v) is 3.00. The van der Waals surface area contributed by atoms with Gasteiger partial charge < -0.3 is 20.1 Å². The van der Waals surface area contributed by atoms with Crippen LogP contribution >= 0.6 is 0 Å². The third kappa shape index (κ3) is 3.53. The van der Waals surface area contributed by atoms with Gasteiger partial charge in [-0.3, -0.25) is 9.59 Å². The van der Waals surface area contributed by atoms with Crippen molar-refractivity contribution in [3.63, 3.8) is 0 Å². The maximum atomic E-state index is 14.3. The van der Waals surface area contributed by atoms with Crippen molar-refractivity contribution < 1.29 is 14.0 Å². The minimum absolute atomic E-state index is 0.0626. The van der Waals surface area contributed by atoms with Gasteiger partial charge in [-0.05, 0) is 18.2 Å². The zero-order valence-electron chi connectivity index (χ0n) is 14.1. The van der Waals surface area contributed by atoms with Gasteiger partial charge in [0.1, 0.15) is 17.7 Å². The number of hydrogen-bond acceptors (Lipinski definition) is 4. The molecule has 132 valence electrons. The highest BCUT2D eigenvalue weighted by Crippen LogP contribution is 2.25. The van der Waals surface area contributed by atoms with E-state index < -0.39 is 11.7 Å². The summed E-state index contributed by atoms with van der Waals surface area (Å²) in [4.78, 5) is 30.1. The first-order valence-corrected chi connectivity index (χ1v) is 8.03. The van der Waals surface area contributed by atoms with Crippen molar-refractivity contribution in [3.8, 4) is 0 Å². The maximum absolute atomic E-state index is 14.3. The van der Waals surface area contributed by atoms with Crippen LogP contribution in [0.2, 0.25) is 0 Å². The first-order chi connectivity index (χ1) is 12.0. The molecule has 25 heavy (non-hydrogen) atoms. The number of hydrogen-bond donors (Lipinski definition) is 2. The van der Waals surface area contributed by atoms with Crippen molar-refractivity contribution >= 4 is 17.5 Å². The lowest BCUT2D eigenvalue weighted by atomic mass is 10.1. The van der Waals surface area contributed by atoms with Gasteiger partial charge in [-0.25, -0.2) is 9.37 Å². The van der Waals surface area contributed by atoms with Gasteiger partial charge >= 0.3 is 0 Å². The number of benzene rings is 1. The fourth-order valence-electron chi connectivity index (χ4n) is 3.00. The predicted octanol–water partition coefficient (Wildman–Crippen LogP) is 1.30.